The number of allylic oxidation sites excluding steroid dienone is 1. The topological polar surface area (TPSA) is 55.8 Å². The van der Waals surface area contributed by atoms with Crippen LogP contribution in [0.2, 0.25) is 5.02 Å². The maximum Gasteiger partial charge on any atom is 0.336 e. The molecule has 0 radical (unpaired) electrons. The van der Waals surface area contributed by atoms with Crippen LogP contribution in [0.5, 0.6) is 0 Å². The van der Waals surface area contributed by atoms with Crippen LogP contribution >= 0.6 is 11.6 Å². The van der Waals surface area contributed by atoms with Gasteiger partial charge in [-0.25, -0.2) is 9.59 Å². The fourth-order valence-electron chi connectivity index (χ4n) is 2.90. The number of carbonyl (C=O) groups is 2. The third kappa shape index (κ3) is 2.80. The van der Waals surface area contributed by atoms with Crippen LogP contribution in [0.4, 0.5) is 5.69 Å². The molecule has 0 amide bonds. The zero-order valence-electron chi connectivity index (χ0n) is 13.6. The van der Waals surface area contributed by atoms with Crippen molar-refractivity contribution in [1.29, 1.82) is 0 Å². The van der Waals surface area contributed by atoms with Gasteiger partial charge in [-0.2, -0.15) is 0 Å². The van der Waals surface area contributed by atoms with Gasteiger partial charge in [-0.1, -0.05) is 30.7 Å². The number of cyclic esters (lactones) is 1. The lowest BCUT2D eigenvalue weighted by Crippen LogP contribution is -2.30. The summed E-state index contributed by atoms with van der Waals surface area (Å²) in [6.07, 6.45) is 0.964. The van der Waals surface area contributed by atoms with Crippen molar-refractivity contribution < 1.29 is 19.1 Å². The Bertz CT molecular complexity index is 766. The van der Waals surface area contributed by atoms with Crippen LogP contribution in [-0.2, 0) is 19.1 Å². The first-order valence-corrected chi connectivity index (χ1v) is 8.23. The number of para-hydroxylation sites is 1. The lowest BCUT2D eigenvalue weighted by atomic mass is 9.96. The molecule has 6 heteroatoms. The average molecular weight is 348 g/mol. The molecule has 0 bridgehead atoms. The molecular formula is C18H18ClNO4. The van der Waals surface area contributed by atoms with E-state index in [0.717, 1.165) is 12.1 Å². The van der Waals surface area contributed by atoms with Crippen molar-refractivity contribution in [3.8, 4) is 0 Å². The largest absolute Gasteiger partial charge is 0.462 e. The lowest BCUT2D eigenvalue weighted by molar-refractivity contribution is -0.139. The molecule has 5 nitrogen and oxygen atoms in total. The fraction of sp³-hybridized carbons (Fsp3) is 0.333. The van der Waals surface area contributed by atoms with Gasteiger partial charge in [0.05, 0.1) is 34.2 Å². The molecule has 0 N–H and O–H groups in total. The van der Waals surface area contributed by atoms with Crippen LogP contribution in [0.15, 0.2) is 46.8 Å². The Morgan fingerprint density at radius 2 is 2.12 bits per heavy atom. The number of anilines is 1. The fourth-order valence-corrected chi connectivity index (χ4v) is 3.12. The highest BCUT2D eigenvalue weighted by atomic mass is 35.5. The van der Waals surface area contributed by atoms with Crippen LogP contribution in [0.1, 0.15) is 26.7 Å². The van der Waals surface area contributed by atoms with Crippen molar-refractivity contribution in [1.82, 2.24) is 0 Å². The van der Waals surface area contributed by atoms with E-state index in [4.69, 9.17) is 21.1 Å². The molecule has 1 aromatic rings. The molecule has 0 spiro atoms. The average Bonchev–Trinajstić information content (AvgIpc) is 2.94. The third-order valence-corrected chi connectivity index (χ3v) is 4.43. The second-order valence-corrected chi connectivity index (χ2v) is 6.07. The van der Waals surface area contributed by atoms with Crippen LogP contribution in [0, 0.1) is 0 Å². The number of rotatable bonds is 4. The summed E-state index contributed by atoms with van der Waals surface area (Å²) in [5, 5.41) is 0.534. The van der Waals surface area contributed by atoms with Gasteiger partial charge in [-0.05, 0) is 25.5 Å². The maximum atomic E-state index is 12.4. The van der Waals surface area contributed by atoms with E-state index in [-0.39, 0.29) is 13.0 Å². The van der Waals surface area contributed by atoms with E-state index in [2.05, 4.69) is 0 Å². The highest BCUT2D eigenvalue weighted by Gasteiger charge is 2.38. The van der Waals surface area contributed by atoms with Gasteiger partial charge in [0.2, 0.25) is 0 Å². The molecule has 0 saturated carbocycles. The van der Waals surface area contributed by atoms with Crippen LogP contribution < -0.4 is 4.90 Å². The van der Waals surface area contributed by atoms with E-state index in [1.807, 2.05) is 36.9 Å². The minimum atomic E-state index is -0.405. The molecule has 3 rings (SSSR count). The molecule has 2 aliphatic heterocycles. The SMILES string of the molecule is CCCOC(=O)C1=C(C)N(c2ccccc2Cl)C2=C(C1)C(=O)OC2. The summed E-state index contributed by atoms with van der Waals surface area (Å²) in [4.78, 5) is 26.3. The van der Waals surface area contributed by atoms with E-state index in [1.165, 1.54) is 0 Å². The van der Waals surface area contributed by atoms with Crippen molar-refractivity contribution in [2.45, 2.75) is 26.7 Å². The van der Waals surface area contributed by atoms with Crippen molar-refractivity contribution in [2.75, 3.05) is 18.1 Å². The van der Waals surface area contributed by atoms with Gasteiger partial charge in [0, 0.05) is 12.1 Å². The molecule has 1 aromatic carbocycles. The summed E-state index contributed by atoms with van der Waals surface area (Å²) in [5.41, 5.74) is 3.10. The Morgan fingerprint density at radius 1 is 1.38 bits per heavy atom. The number of nitrogens with zero attached hydrogens (tertiary/aromatic N) is 1. The minimum Gasteiger partial charge on any atom is -0.462 e. The standard InChI is InChI=1S/C18H18ClNO4/c1-3-8-23-17(21)12-9-13-16(10-24-18(13)22)20(11(12)2)15-7-5-4-6-14(15)19/h4-7H,3,8-10H2,1-2H3. The number of ether oxygens (including phenoxy) is 2. The number of halogens is 1. The van der Waals surface area contributed by atoms with Gasteiger partial charge in [0.1, 0.15) is 6.61 Å². The second kappa shape index (κ2) is 6.69. The predicted molar refractivity (Wildman–Crippen MR) is 90.5 cm³/mol. The summed E-state index contributed by atoms with van der Waals surface area (Å²) in [6, 6.07) is 7.30. The summed E-state index contributed by atoms with van der Waals surface area (Å²) in [5.74, 6) is -0.798. The van der Waals surface area contributed by atoms with E-state index >= 15 is 0 Å². The molecule has 0 aliphatic carbocycles. The molecule has 0 unspecified atom stereocenters. The highest BCUT2D eigenvalue weighted by molar-refractivity contribution is 6.33. The van der Waals surface area contributed by atoms with Gasteiger partial charge in [-0.15, -0.1) is 0 Å². The summed E-state index contributed by atoms with van der Waals surface area (Å²) in [6.45, 7) is 4.28. The van der Waals surface area contributed by atoms with Crippen molar-refractivity contribution in [3.05, 3.63) is 51.8 Å². The quantitative estimate of drug-likeness (QED) is 0.779. The smallest absolute Gasteiger partial charge is 0.336 e. The van der Waals surface area contributed by atoms with Gasteiger partial charge < -0.3 is 14.4 Å². The monoisotopic (exact) mass is 347 g/mol. The van der Waals surface area contributed by atoms with Gasteiger partial charge in [0.25, 0.3) is 0 Å². The number of hydrogen-bond donors (Lipinski definition) is 0. The van der Waals surface area contributed by atoms with Gasteiger partial charge in [-0.3, -0.25) is 0 Å². The Balaban J connectivity index is 2.08. The molecule has 2 aliphatic rings. The Morgan fingerprint density at radius 3 is 2.83 bits per heavy atom. The van der Waals surface area contributed by atoms with Crippen LogP contribution in [0.3, 0.4) is 0 Å². The lowest BCUT2D eigenvalue weighted by Gasteiger charge is -2.32. The Hall–Kier alpha value is -2.27. The molecular weight excluding hydrogens is 330 g/mol. The maximum absolute atomic E-state index is 12.4. The van der Waals surface area contributed by atoms with Crippen molar-refractivity contribution in [2.24, 2.45) is 0 Å². The molecule has 2 heterocycles. The van der Waals surface area contributed by atoms with Crippen molar-refractivity contribution >= 4 is 29.2 Å². The summed E-state index contributed by atoms with van der Waals surface area (Å²) >= 11 is 6.33. The number of hydrogen-bond acceptors (Lipinski definition) is 5. The van der Waals surface area contributed by atoms with Crippen LogP contribution in [-0.4, -0.2) is 25.2 Å². The zero-order valence-corrected chi connectivity index (χ0v) is 14.4. The van der Waals surface area contributed by atoms with Crippen LogP contribution in [0.25, 0.3) is 0 Å². The van der Waals surface area contributed by atoms with Crippen molar-refractivity contribution in [3.63, 3.8) is 0 Å². The number of benzene rings is 1. The predicted octanol–water partition coefficient (Wildman–Crippen LogP) is 3.59. The third-order valence-electron chi connectivity index (χ3n) is 4.11. The molecule has 0 saturated heterocycles. The number of esters is 2. The van der Waals surface area contributed by atoms with E-state index in [9.17, 15) is 9.59 Å². The Kier molecular flexibility index (Phi) is 4.62. The van der Waals surface area contributed by atoms with E-state index in [1.54, 1.807) is 6.07 Å². The molecule has 126 valence electrons. The number of carbonyl (C=O) groups excluding carboxylic acids is 2. The molecule has 0 aromatic heterocycles. The highest BCUT2D eigenvalue weighted by Crippen LogP contribution is 2.40. The van der Waals surface area contributed by atoms with Gasteiger partial charge >= 0.3 is 11.9 Å². The Labute approximate surface area is 145 Å². The van der Waals surface area contributed by atoms with E-state index < -0.39 is 11.9 Å². The zero-order chi connectivity index (χ0) is 17.3. The first-order chi connectivity index (χ1) is 11.5. The summed E-state index contributed by atoms with van der Waals surface area (Å²) < 4.78 is 10.4. The molecule has 0 fully saturated rings. The first kappa shape index (κ1) is 16.6. The van der Waals surface area contributed by atoms with E-state index in [0.29, 0.717) is 34.2 Å². The normalized spacial score (nSPS) is 17.1. The second-order valence-electron chi connectivity index (χ2n) is 5.66. The molecule has 24 heavy (non-hydrogen) atoms. The van der Waals surface area contributed by atoms with Gasteiger partial charge in [0.15, 0.2) is 0 Å². The minimum absolute atomic E-state index is 0.175. The first-order valence-electron chi connectivity index (χ1n) is 7.85. The molecule has 0 atom stereocenters. The summed E-state index contributed by atoms with van der Waals surface area (Å²) in [7, 11) is 0.